The Morgan fingerprint density at radius 1 is 1.21 bits per heavy atom. The predicted octanol–water partition coefficient (Wildman–Crippen LogP) is 5.38. The normalized spacial score (nSPS) is 13.4. The maximum atomic E-state index is 13.6. The van der Waals surface area contributed by atoms with E-state index in [0.29, 0.717) is 23.6 Å². The van der Waals surface area contributed by atoms with E-state index in [0.717, 1.165) is 18.1 Å². The quantitative estimate of drug-likeness (QED) is 0.317. The van der Waals surface area contributed by atoms with Crippen molar-refractivity contribution in [2.75, 3.05) is 0 Å². The number of hydrogen-bond donors (Lipinski definition) is 2. The van der Waals surface area contributed by atoms with Crippen LogP contribution in [0.15, 0.2) is 96.2 Å². The molecule has 1 rings (SSSR count). The highest BCUT2D eigenvalue weighted by atomic mass is 19.1. The summed E-state index contributed by atoms with van der Waals surface area (Å²) in [4.78, 5) is 12.4. The number of amides is 1. The highest BCUT2D eigenvalue weighted by Gasteiger charge is 2.09. The molecule has 0 unspecified atom stereocenters. The SMILES string of the molecule is C=C/C(F)=C(\C=C)Oc1ccc(CNC(=O)C(/C=C\C=C(C)CC)=C(/C)N)cc1. The largest absolute Gasteiger partial charge is 0.454 e. The number of nitrogens with one attached hydrogen (secondary N) is 1. The standard InChI is InChI=1S/C24H29FN2O2/c1-6-17(4)10-9-11-21(18(5)26)24(28)27-16-19-12-14-20(15-13-19)29-23(8-3)22(25)7-2/h7-15H,2-3,6,16,26H2,1,4-5H3,(H,27,28)/b11-9-,17-10?,21-18-,23-22-. The first kappa shape index (κ1) is 23.7. The van der Waals surface area contributed by atoms with Gasteiger partial charge in [0.05, 0.1) is 5.57 Å². The summed E-state index contributed by atoms with van der Waals surface area (Å²) in [5, 5.41) is 2.84. The van der Waals surface area contributed by atoms with E-state index < -0.39 is 5.83 Å². The number of ether oxygens (including phenoxy) is 1. The van der Waals surface area contributed by atoms with Gasteiger partial charge in [-0.1, -0.05) is 49.9 Å². The second kappa shape index (κ2) is 12.2. The minimum Gasteiger partial charge on any atom is -0.454 e. The van der Waals surface area contributed by atoms with Crippen LogP contribution in [0.2, 0.25) is 0 Å². The van der Waals surface area contributed by atoms with E-state index in [4.69, 9.17) is 10.5 Å². The van der Waals surface area contributed by atoms with E-state index in [9.17, 15) is 9.18 Å². The third kappa shape index (κ3) is 8.05. The van der Waals surface area contributed by atoms with Crippen LogP contribution < -0.4 is 15.8 Å². The van der Waals surface area contributed by atoms with Crippen LogP contribution in [0.4, 0.5) is 4.39 Å². The second-order valence-electron chi connectivity index (χ2n) is 6.37. The van der Waals surface area contributed by atoms with Gasteiger partial charge in [-0.2, -0.15) is 0 Å². The molecule has 29 heavy (non-hydrogen) atoms. The van der Waals surface area contributed by atoms with Gasteiger partial charge in [-0.05, 0) is 56.2 Å². The van der Waals surface area contributed by atoms with Crippen molar-refractivity contribution in [3.8, 4) is 5.75 Å². The summed E-state index contributed by atoms with van der Waals surface area (Å²) in [7, 11) is 0. The molecule has 1 aromatic carbocycles. The Hall–Kier alpha value is -3.34. The zero-order valence-corrected chi connectivity index (χ0v) is 17.3. The third-order valence-electron chi connectivity index (χ3n) is 4.08. The zero-order valence-electron chi connectivity index (χ0n) is 17.3. The van der Waals surface area contributed by atoms with E-state index in [2.05, 4.69) is 25.4 Å². The van der Waals surface area contributed by atoms with Crippen LogP contribution in [0.1, 0.15) is 32.8 Å². The first-order valence-corrected chi connectivity index (χ1v) is 9.32. The maximum Gasteiger partial charge on any atom is 0.253 e. The zero-order chi connectivity index (χ0) is 21.8. The monoisotopic (exact) mass is 396 g/mol. The number of hydrogen-bond acceptors (Lipinski definition) is 3. The van der Waals surface area contributed by atoms with Gasteiger partial charge in [-0.3, -0.25) is 4.79 Å². The fraction of sp³-hybridized carbons (Fsp3) is 0.208. The lowest BCUT2D eigenvalue weighted by atomic mass is 10.1. The summed E-state index contributed by atoms with van der Waals surface area (Å²) in [5.74, 6) is -0.404. The Bertz CT molecular complexity index is 855. The Kier molecular flexibility index (Phi) is 9.96. The lowest BCUT2D eigenvalue weighted by molar-refractivity contribution is -0.117. The Morgan fingerprint density at radius 2 is 1.86 bits per heavy atom. The molecule has 0 heterocycles. The molecule has 1 aromatic rings. The molecule has 1 amide bonds. The molecule has 0 bridgehead atoms. The van der Waals surface area contributed by atoms with E-state index in [-0.39, 0.29) is 11.7 Å². The van der Waals surface area contributed by atoms with Crippen molar-refractivity contribution in [2.45, 2.75) is 33.7 Å². The van der Waals surface area contributed by atoms with Crippen molar-refractivity contribution in [1.82, 2.24) is 5.32 Å². The second-order valence-corrected chi connectivity index (χ2v) is 6.37. The Balaban J connectivity index is 2.77. The van der Waals surface area contributed by atoms with Gasteiger partial charge >= 0.3 is 0 Å². The van der Waals surface area contributed by atoms with Crippen molar-refractivity contribution in [3.63, 3.8) is 0 Å². The predicted molar refractivity (Wildman–Crippen MR) is 118 cm³/mol. The van der Waals surface area contributed by atoms with Gasteiger partial charge in [-0.15, -0.1) is 0 Å². The minimum atomic E-state index is -0.593. The number of carbonyl (C=O) groups is 1. The van der Waals surface area contributed by atoms with Gasteiger partial charge in [0.1, 0.15) is 5.75 Å². The Morgan fingerprint density at radius 3 is 2.38 bits per heavy atom. The summed E-state index contributed by atoms with van der Waals surface area (Å²) in [6, 6.07) is 6.93. The molecule has 5 heteroatoms. The highest BCUT2D eigenvalue weighted by molar-refractivity contribution is 5.96. The fourth-order valence-electron chi connectivity index (χ4n) is 2.18. The summed E-state index contributed by atoms with van der Waals surface area (Å²) in [6.07, 6.45) is 8.76. The molecule has 0 saturated carbocycles. The van der Waals surface area contributed by atoms with Crippen LogP contribution in [0.5, 0.6) is 5.75 Å². The van der Waals surface area contributed by atoms with Crippen LogP contribution in [0.3, 0.4) is 0 Å². The van der Waals surface area contributed by atoms with Crippen molar-refractivity contribution in [3.05, 3.63) is 102 Å². The molecule has 3 N–H and O–H groups in total. The molecule has 154 valence electrons. The Labute approximate surface area is 172 Å². The molecule has 0 aliphatic carbocycles. The number of halogens is 1. The smallest absolute Gasteiger partial charge is 0.253 e. The van der Waals surface area contributed by atoms with Crippen LogP contribution >= 0.6 is 0 Å². The lowest BCUT2D eigenvalue weighted by Gasteiger charge is -2.10. The summed E-state index contributed by atoms with van der Waals surface area (Å²) >= 11 is 0. The van der Waals surface area contributed by atoms with Crippen LogP contribution in [0, 0.1) is 0 Å². The molecular weight excluding hydrogens is 367 g/mol. The molecule has 0 fully saturated rings. The highest BCUT2D eigenvalue weighted by Crippen LogP contribution is 2.19. The molecule has 4 nitrogen and oxygen atoms in total. The van der Waals surface area contributed by atoms with Gasteiger partial charge in [-0.25, -0.2) is 4.39 Å². The average Bonchev–Trinajstić information content (AvgIpc) is 2.73. The van der Waals surface area contributed by atoms with Crippen molar-refractivity contribution in [2.24, 2.45) is 5.73 Å². The molecule has 0 aliphatic heterocycles. The number of rotatable bonds is 10. The number of allylic oxidation sites excluding steroid dienone is 7. The molecule has 0 saturated heterocycles. The summed E-state index contributed by atoms with van der Waals surface area (Å²) < 4.78 is 19.0. The molecule has 0 aromatic heterocycles. The first-order chi connectivity index (χ1) is 13.8. The van der Waals surface area contributed by atoms with Crippen LogP contribution in [-0.2, 0) is 11.3 Å². The van der Waals surface area contributed by atoms with Gasteiger partial charge < -0.3 is 15.8 Å². The van der Waals surface area contributed by atoms with E-state index >= 15 is 0 Å². The van der Waals surface area contributed by atoms with Crippen molar-refractivity contribution >= 4 is 5.91 Å². The van der Waals surface area contributed by atoms with Gasteiger partial charge in [0.15, 0.2) is 11.6 Å². The number of nitrogens with two attached hydrogens (primary N) is 1. The van der Waals surface area contributed by atoms with Crippen LogP contribution in [-0.4, -0.2) is 5.91 Å². The minimum absolute atomic E-state index is 0.00611. The van der Waals surface area contributed by atoms with Crippen molar-refractivity contribution in [1.29, 1.82) is 0 Å². The van der Waals surface area contributed by atoms with E-state index in [1.807, 2.05) is 19.1 Å². The molecule has 0 radical (unpaired) electrons. The van der Waals surface area contributed by atoms with Gasteiger partial charge in [0, 0.05) is 12.2 Å². The molecule has 0 atom stereocenters. The molecule has 0 spiro atoms. The average molecular weight is 397 g/mol. The van der Waals surface area contributed by atoms with Gasteiger partial charge in [0.25, 0.3) is 5.91 Å². The van der Waals surface area contributed by atoms with Crippen LogP contribution in [0.25, 0.3) is 0 Å². The van der Waals surface area contributed by atoms with Gasteiger partial charge in [0.2, 0.25) is 0 Å². The molecule has 0 aliphatic rings. The molecular formula is C24H29FN2O2. The lowest BCUT2D eigenvalue weighted by Crippen LogP contribution is -2.25. The number of carbonyl (C=O) groups excluding carboxylic acids is 1. The summed E-state index contributed by atoms with van der Waals surface area (Å²) in [5.41, 5.74) is 8.78. The van der Waals surface area contributed by atoms with E-state index in [1.165, 1.54) is 11.6 Å². The third-order valence-corrected chi connectivity index (χ3v) is 4.08. The topological polar surface area (TPSA) is 64.3 Å². The first-order valence-electron chi connectivity index (χ1n) is 9.32. The van der Waals surface area contributed by atoms with E-state index in [1.54, 1.807) is 37.3 Å². The van der Waals surface area contributed by atoms with Crippen molar-refractivity contribution < 1.29 is 13.9 Å². The summed E-state index contributed by atoms with van der Waals surface area (Å²) in [6.45, 7) is 13.0. The maximum absolute atomic E-state index is 13.6. The number of benzene rings is 1. The fourth-order valence-corrected chi connectivity index (χ4v) is 2.18.